The minimum Gasteiger partial charge on any atom is -0.456 e. The minimum absolute atomic E-state index is 0.355. The maximum absolute atomic E-state index is 6.17. The van der Waals surface area contributed by atoms with Crippen LogP contribution >= 0.6 is 47.8 Å². The first kappa shape index (κ1) is 58.0. The summed E-state index contributed by atoms with van der Waals surface area (Å²) < 4.78 is 51.7. The predicted octanol–water partition coefficient (Wildman–Crippen LogP) is 18.7. The first-order chi connectivity index (χ1) is 37.8. The van der Waals surface area contributed by atoms with Crippen LogP contribution in [0.1, 0.15) is 83.1 Å². The van der Waals surface area contributed by atoms with Gasteiger partial charge >= 0.3 is 21.1 Å². The average molecular weight is 1260 g/mol. The molecule has 0 radical (unpaired) electrons. The molecule has 8 aromatic carbocycles. The van der Waals surface area contributed by atoms with Gasteiger partial charge in [0.05, 0.1) is 33.6 Å². The zero-order chi connectivity index (χ0) is 57.0. The molecule has 10 aromatic rings. The summed E-state index contributed by atoms with van der Waals surface area (Å²) in [6, 6.07) is 62.4. The molecule has 3 saturated heterocycles. The SMILES string of the molecule is Brc1ccc(-c2ccc(-c3cccc4c3oc3ccccc34)cc2)cc1.Brc1ccc(-c2ccc(Br)cc2)cc1.CC1(C)OB(B2OC(C)(C)C(C)(C)O2)OC1(C)C.CC1(C)OB(c2cccc3c2oc2ccccc23)OC1(C)C. The van der Waals surface area contributed by atoms with Crippen LogP contribution in [0.3, 0.4) is 0 Å². The number of halogens is 3. The van der Waals surface area contributed by atoms with Crippen LogP contribution in [0.2, 0.25) is 0 Å². The minimum atomic E-state index is -0.476. The Hall–Kier alpha value is -5.25. The lowest BCUT2D eigenvalue weighted by Crippen LogP contribution is -2.41. The molecule has 13 rings (SSSR count). The Balaban J connectivity index is 0.000000123. The highest BCUT2D eigenvalue weighted by atomic mass is 79.9. The topological polar surface area (TPSA) is 81.7 Å². The van der Waals surface area contributed by atoms with Crippen LogP contribution < -0.4 is 5.46 Å². The van der Waals surface area contributed by atoms with Crippen molar-refractivity contribution in [3.63, 3.8) is 0 Å². The van der Waals surface area contributed by atoms with Gasteiger partial charge in [-0.05, 0) is 159 Å². The van der Waals surface area contributed by atoms with E-state index in [1.54, 1.807) is 0 Å². The van der Waals surface area contributed by atoms with Crippen LogP contribution in [0, 0.1) is 0 Å². The highest BCUT2D eigenvalue weighted by Gasteiger charge is 2.63. The molecule has 14 heteroatoms. The second kappa shape index (κ2) is 22.5. The first-order valence-electron chi connectivity index (χ1n) is 27.1. The molecule has 0 bridgehead atoms. The summed E-state index contributed by atoms with van der Waals surface area (Å²) in [6.45, 7) is 24.5. The molecular weight excluding hydrogens is 1190 g/mol. The highest BCUT2D eigenvalue weighted by molar-refractivity contribution is 9.11. The second-order valence-corrected chi connectivity index (χ2v) is 26.3. The molecular formula is C66H66B3Br3O8. The van der Waals surface area contributed by atoms with Gasteiger partial charge in [0.2, 0.25) is 0 Å². The van der Waals surface area contributed by atoms with Gasteiger partial charge < -0.3 is 36.8 Å². The van der Waals surface area contributed by atoms with Gasteiger partial charge in [-0.2, -0.15) is 0 Å². The molecule has 0 amide bonds. The Kier molecular flexibility index (Phi) is 16.3. The Morgan fingerprint density at radius 3 is 0.988 bits per heavy atom. The van der Waals surface area contributed by atoms with E-state index in [0.29, 0.717) is 0 Å². The maximum atomic E-state index is 6.17. The molecule has 8 nitrogen and oxygen atoms in total. The third-order valence-electron chi connectivity index (χ3n) is 16.5. The van der Waals surface area contributed by atoms with Crippen molar-refractivity contribution in [3.8, 4) is 33.4 Å². The Labute approximate surface area is 497 Å². The highest BCUT2D eigenvalue weighted by Crippen LogP contribution is 2.44. The standard InChI is InChI=1S/C24H15BrO.C18H19BO3.C12H24B2O4.C12H8Br2/c25-19-14-12-17(13-15-19)16-8-10-18(11-9-16)20-5-3-6-22-21-4-1-2-7-23(21)26-24(20)22;1-17(2)18(3,4)22-19(21-17)14-10-7-9-13-12-8-5-6-11-15(12)20-16(13)14;1-9(2)10(3,4)16-13(15-9)14-17-11(5,6)12(7,8)18-14;13-11-5-1-9(2-6-11)10-3-7-12(14)8-4-10/h1-15H;5-11H,1-4H3;1-8H3;1-8H. The Morgan fingerprint density at radius 2 is 0.588 bits per heavy atom. The van der Waals surface area contributed by atoms with Crippen molar-refractivity contribution in [2.45, 2.75) is 117 Å². The van der Waals surface area contributed by atoms with E-state index in [-0.39, 0.29) is 33.6 Å². The van der Waals surface area contributed by atoms with E-state index in [0.717, 1.165) is 73.9 Å². The molecule has 0 spiro atoms. The molecule has 0 aliphatic carbocycles. The van der Waals surface area contributed by atoms with Crippen molar-refractivity contribution in [3.05, 3.63) is 195 Å². The van der Waals surface area contributed by atoms with Crippen LogP contribution in [0.25, 0.3) is 77.3 Å². The molecule has 0 unspecified atom stereocenters. The first-order valence-corrected chi connectivity index (χ1v) is 29.5. The molecule has 2 aromatic heterocycles. The van der Waals surface area contributed by atoms with Gasteiger partial charge in [0.15, 0.2) is 0 Å². The number of fused-ring (bicyclic) bond motifs is 6. The normalized spacial score (nSPS) is 18.2. The predicted molar refractivity (Wildman–Crippen MR) is 341 cm³/mol. The van der Waals surface area contributed by atoms with Gasteiger partial charge in [-0.15, -0.1) is 0 Å². The van der Waals surface area contributed by atoms with Gasteiger partial charge in [0.1, 0.15) is 22.3 Å². The van der Waals surface area contributed by atoms with E-state index in [9.17, 15) is 0 Å². The molecule has 80 heavy (non-hydrogen) atoms. The largest absolute Gasteiger partial charge is 0.498 e. The molecule has 0 N–H and O–H groups in total. The monoisotopic (exact) mass is 1260 g/mol. The third kappa shape index (κ3) is 11.9. The van der Waals surface area contributed by atoms with E-state index in [1.165, 1.54) is 22.3 Å². The summed E-state index contributed by atoms with van der Waals surface area (Å²) in [5.74, 6) is 0. The van der Waals surface area contributed by atoms with Gasteiger partial charge in [-0.25, -0.2) is 0 Å². The number of benzene rings is 8. The number of rotatable bonds is 5. The molecule has 0 atom stereocenters. The van der Waals surface area contributed by atoms with Crippen LogP contribution in [-0.2, 0) is 27.9 Å². The fourth-order valence-corrected chi connectivity index (χ4v) is 10.5. The summed E-state index contributed by atoms with van der Waals surface area (Å²) in [4.78, 5) is 0. The summed E-state index contributed by atoms with van der Waals surface area (Å²) in [5.41, 5.74) is 9.60. The molecule has 408 valence electrons. The van der Waals surface area contributed by atoms with Crippen molar-refractivity contribution in [2.75, 3.05) is 0 Å². The smallest absolute Gasteiger partial charge is 0.456 e. The van der Waals surface area contributed by atoms with Crippen molar-refractivity contribution in [2.24, 2.45) is 0 Å². The maximum Gasteiger partial charge on any atom is 0.498 e. The van der Waals surface area contributed by atoms with Crippen LogP contribution in [0.15, 0.2) is 204 Å². The quantitative estimate of drug-likeness (QED) is 0.158. The van der Waals surface area contributed by atoms with Crippen molar-refractivity contribution < 1.29 is 36.8 Å². The summed E-state index contributed by atoms with van der Waals surface area (Å²) in [6.07, 6.45) is 0. The van der Waals surface area contributed by atoms with Crippen molar-refractivity contribution in [1.29, 1.82) is 0 Å². The molecule has 5 heterocycles. The fraction of sp³-hybridized carbons (Fsp3) is 0.273. The third-order valence-corrected chi connectivity index (χ3v) is 18.1. The number of furan rings is 2. The summed E-state index contributed by atoms with van der Waals surface area (Å²) in [5, 5.41) is 4.55. The van der Waals surface area contributed by atoms with E-state index in [2.05, 4.69) is 215 Å². The lowest BCUT2D eigenvalue weighted by molar-refractivity contribution is 0.00578. The van der Waals surface area contributed by atoms with E-state index >= 15 is 0 Å². The van der Waals surface area contributed by atoms with Gasteiger partial charge in [0.25, 0.3) is 0 Å². The summed E-state index contributed by atoms with van der Waals surface area (Å²) >= 11 is 10.3. The molecule has 3 fully saturated rings. The van der Waals surface area contributed by atoms with Gasteiger partial charge in [0, 0.05) is 46.0 Å². The van der Waals surface area contributed by atoms with Gasteiger partial charge in [-0.1, -0.05) is 181 Å². The second-order valence-electron chi connectivity index (χ2n) is 23.5. The fourth-order valence-electron chi connectivity index (χ4n) is 9.67. The number of hydrogen-bond acceptors (Lipinski definition) is 8. The van der Waals surface area contributed by atoms with Crippen molar-refractivity contribution >= 4 is 118 Å². The lowest BCUT2D eigenvalue weighted by Gasteiger charge is -2.32. The van der Waals surface area contributed by atoms with Crippen LogP contribution in [0.5, 0.6) is 0 Å². The zero-order valence-corrected chi connectivity index (χ0v) is 52.2. The molecule has 3 aliphatic heterocycles. The van der Waals surface area contributed by atoms with E-state index in [4.69, 9.17) is 36.8 Å². The Bertz CT molecular complexity index is 3670. The number of para-hydroxylation sites is 4. The van der Waals surface area contributed by atoms with E-state index in [1.807, 2.05) is 97.9 Å². The van der Waals surface area contributed by atoms with Crippen LogP contribution in [0.4, 0.5) is 0 Å². The molecule has 3 aliphatic rings. The van der Waals surface area contributed by atoms with E-state index < -0.39 is 21.1 Å². The average Bonchev–Trinajstić information content (AvgIpc) is 4.33. The summed E-state index contributed by atoms with van der Waals surface area (Å²) in [7, 11) is -1.36. The number of hydrogen-bond donors (Lipinski definition) is 0. The Morgan fingerprint density at radius 1 is 0.287 bits per heavy atom. The molecule has 0 saturated carbocycles. The lowest BCUT2D eigenvalue weighted by atomic mass is 9.49. The zero-order valence-electron chi connectivity index (χ0n) is 47.5. The van der Waals surface area contributed by atoms with Crippen molar-refractivity contribution in [1.82, 2.24) is 0 Å². The van der Waals surface area contributed by atoms with Gasteiger partial charge in [-0.3, -0.25) is 0 Å². The van der Waals surface area contributed by atoms with Crippen LogP contribution in [-0.4, -0.2) is 54.7 Å².